The van der Waals surface area contributed by atoms with Crippen molar-refractivity contribution in [2.75, 3.05) is 32.7 Å². The first-order chi connectivity index (χ1) is 13.4. The van der Waals surface area contributed by atoms with Crippen molar-refractivity contribution in [1.82, 2.24) is 15.1 Å². The number of carbonyl (C=O) groups excluding carboxylic acids is 3. The van der Waals surface area contributed by atoms with Crippen molar-refractivity contribution in [1.29, 1.82) is 0 Å². The molecule has 1 saturated heterocycles. The quantitative estimate of drug-likeness (QED) is 0.774. The number of ether oxygens (including phenoxy) is 1. The van der Waals surface area contributed by atoms with E-state index >= 15 is 0 Å². The molecule has 1 aromatic carbocycles. The number of nitrogens with one attached hydrogen (secondary N) is 1. The number of aryl methyl sites for hydroxylation is 2. The molecule has 0 aromatic heterocycles. The van der Waals surface area contributed by atoms with Gasteiger partial charge in [0.15, 0.2) is 0 Å². The van der Waals surface area contributed by atoms with Crippen molar-refractivity contribution in [3.63, 3.8) is 0 Å². The van der Waals surface area contributed by atoms with Gasteiger partial charge in [-0.3, -0.25) is 14.5 Å². The number of rotatable bonds is 5. The van der Waals surface area contributed by atoms with Gasteiger partial charge in [0.05, 0.1) is 12.6 Å². The van der Waals surface area contributed by atoms with Crippen molar-refractivity contribution in [2.24, 2.45) is 0 Å². The van der Waals surface area contributed by atoms with E-state index < -0.39 is 17.8 Å². The molecule has 3 amide bonds. The van der Waals surface area contributed by atoms with Gasteiger partial charge in [0.25, 0.3) is 0 Å². The highest BCUT2D eigenvalue weighted by atomic mass is 16.6. The molecule has 1 atom stereocenters. The fourth-order valence-electron chi connectivity index (χ4n) is 3.12. The monoisotopic (exact) mass is 405 g/mol. The van der Waals surface area contributed by atoms with Crippen LogP contribution in [0.5, 0.6) is 0 Å². The molecule has 1 aromatic rings. The molecule has 29 heavy (non-hydrogen) atoms. The smallest absolute Gasteiger partial charge is 0.410 e. The highest BCUT2D eigenvalue weighted by Gasteiger charge is 2.31. The average molecular weight is 405 g/mol. The van der Waals surface area contributed by atoms with Crippen LogP contribution in [-0.4, -0.2) is 71.1 Å². The van der Waals surface area contributed by atoms with Crippen LogP contribution < -0.4 is 5.32 Å². The van der Waals surface area contributed by atoms with Crippen LogP contribution in [0.3, 0.4) is 0 Å². The Kier molecular flexibility index (Phi) is 7.24. The molecular formula is C21H31N3O5. The Morgan fingerprint density at radius 1 is 1.17 bits per heavy atom. The molecule has 0 aliphatic carbocycles. The zero-order chi connectivity index (χ0) is 21.8. The number of benzene rings is 1. The fourth-order valence-corrected chi connectivity index (χ4v) is 3.12. The Balaban J connectivity index is 1.81. The van der Waals surface area contributed by atoms with Crippen LogP contribution in [0.1, 0.15) is 43.6 Å². The zero-order valence-corrected chi connectivity index (χ0v) is 17.8. The summed E-state index contributed by atoms with van der Waals surface area (Å²) in [6.45, 7) is 9.58. The lowest BCUT2D eigenvalue weighted by molar-refractivity contribution is -0.140. The van der Waals surface area contributed by atoms with Crippen LogP contribution in [0.15, 0.2) is 18.2 Å². The Labute approximate surface area is 171 Å². The topological polar surface area (TPSA) is 99.2 Å². The average Bonchev–Trinajstić information content (AvgIpc) is 2.59. The molecule has 2 N–H and O–H groups in total. The molecule has 0 bridgehead atoms. The first-order valence-electron chi connectivity index (χ1n) is 9.73. The summed E-state index contributed by atoms with van der Waals surface area (Å²) in [4.78, 5) is 39.3. The van der Waals surface area contributed by atoms with Gasteiger partial charge in [0, 0.05) is 19.6 Å². The number of amides is 3. The van der Waals surface area contributed by atoms with E-state index in [-0.39, 0.29) is 38.0 Å². The van der Waals surface area contributed by atoms with Gasteiger partial charge in [0.2, 0.25) is 11.8 Å². The van der Waals surface area contributed by atoms with Gasteiger partial charge in [-0.05, 0) is 40.2 Å². The molecular weight excluding hydrogens is 374 g/mol. The van der Waals surface area contributed by atoms with Crippen LogP contribution in [-0.2, 0) is 14.3 Å². The van der Waals surface area contributed by atoms with E-state index in [2.05, 4.69) is 5.32 Å². The van der Waals surface area contributed by atoms with Crippen LogP contribution in [0.4, 0.5) is 4.79 Å². The highest BCUT2D eigenvalue weighted by Crippen LogP contribution is 2.16. The van der Waals surface area contributed by atoms with Crippen molar-refractivity contribution in [3.8, 4) is 0 Å². The van der Waals surface area contributed by atoms with E-state index in [0.29, 0.717) is 6.54 Å². The van der Waals surface area contributed by atoms with E-state index in [1.165, 1.54) is 9.80 Å². The standard InChI is InChI=1S/C21H31N3O5/c1-14-8-15(2)10-16(9-14)17(25)11-22-18(26)12-23-6-7-24(13-19(23)27)20(28)29-21(3,4)5/h8-10,17,25H,6-7,11-13H2,1-5H3,(H,22,26)/t17-/m0/s1. The third-order valence-electron chi connectivity index (χ3n) is 4.43. The number of hydrogen-bond donors (Lipinski definition) is 2. The Morgan fingerprint density at radius 3 is 2.34 bits per heavy atom. The minimum absolute atomic E-state index is 0.0633. The van der Waals surface area contributed by atoms with Crippen molar-refractivity contribution in [2.45, 2.75) is 46.3 Å². The Morgan fingerprint density at radius 2 is 1.79 bits per heavy atom. The minimum atomic E-state index is -0.822. The zero-order valence-electron chi connectivity index (χ0n) is 17.8. The summed E-state index contributed by atoms with van der Waals surface area (Å²) in [5.41, 5.74) is 2.19. The summed E-state index contributed by atoms with van der Waals surface area (Å²) < 4.78 is 5.27. The second-order valence-corrected chi connectivity index (χ2v) is 8.46. The fraction of sp³-hybridized carbons (Fsp3) is 0.571. The summed E-state index contributed by atoms with van der Waals surface area (Å²) in [6.07, 6.45) is -1.36. The van der Waals surface area contributed by atoms with Gasteiger partial charge in [-0.25, -0.2) is 4.79 Å². The maximum Gasteiger partial charge on any atom is 0.410 e. The van der Waals surface area contributed by atoms with Crippen LogP contribution in [0, 0.1) is 13.8 Å². The van der Waals surface area contributed by atoms with Crippen molar-refractivity contribution in [3.05, 3.63) is 34.9 Å². The van der Waals surface area contributed by atoms with Gasteiger partial charge in [-0.2, -0.15) is 0 Å². The third-order valence-corrected chi connectivity index (χ3v) is 4.43. The van der Waals surface area contributed by atoms with Crippen LogP contribution >= 0.6 is 0 Å². The van der Waals surface area contributed by atoms with E-state index in [1.807, 2.05) is 32.0 Å². The number of piperazine rings is 1. The molecule has 0 unspecified atom stereocenters. The van der Waals surface area contributed by atoms with Crippen molar-refractivity contribution >= 4 is 17.9 Å². The van der Waals surface area contributed by atoms with Gasteiger partial charge >= 0.3 is 6.09 Å². The van der Waals surface area contributed by atoms with Gasteiger partial charge in [0.1, 0.15) is 12.1 Å². The minimum Gasteiger partial charge on any atom is -0.444 e. The SMILES string of the molecule is Cc1cc(C)cc([C@@H](O)CNC(=O)CN2CCN(C(=O)OC(C)(C)C)CC2=O)c1. The summed E-state index contributed by atoms with van der Waals surface area (Å²) >= 11 is 0. The Hall–Kier alpha value is -2.61. The Bertz CT molecular complexity index is 752. The molecule has 160 valence electrons. The molecule has 2 rings (SSSR count). The maximum absolute atomic E-state index is 12.3. The second-order valence-electron chi connectivity index (χ2n) is 8.46. The van der Waals surface area contributed by atoms with Gasteiger partial charge < -0.3 is 20.1 Å². The largest absolute Gasteiger partial charge is 0.444 e. The molecule has 0 radical (unpaired) electrons. The number of aliphatic hydroxyl groups excluding tert-OH is 1. The van der Waals surface area contributed by atoms with Gasteiger partial charge in [-0.1, -0.05) is 29.3 Å². The summed E-state index contributed by atoms with van der Waals surface area (Å²) in [6, 6.07) is 5.77. The number of hydrogen-bond acceptors (Lipinski definition) is 5. The van der Waals surface area contributed by atoms with E-state index in [9.17, 15) is 19.5 Å². The lowest BCUT2D eigenvalue weighted by Crippen LogP contribution is -2.55. The van der Waals surface area contributed by atoms with Gasteiger partial charge in [-0.15, -0.1) is 0 Å². The summed E-state index contributed by atoms with van der Waals surface area (Å²) in [5.74, 6) is -0.667. The molecule has 1 fully saturated rings. The molecule has 1 aliphatic rings. The van der Waals surface area contributed by atoms with Crippen molar-refractivity contribution < 1.29 is 24.2 Å². The van der Waals surface area contributed by atoms with E-state index in [1.54, 1.807) is 20.8 Å². The number of aliphatic hydroxyl groups is 1. The third kappa shape index (κ3) is 7.05. The molecule has 0 spiro atoms. The number of carbonyl (C=O) groups is 3. The summed E-state index contributed by atoms with van der Waals surface area (Å²) in [5, 5.41) is 13.0. The van der Waals surface area contributed by atoms with E-state index in [4.69, 9.17) is 4.74 Å². The lowest BCUT2D eigenvalue weighted by atomic mass is 10.0. The van der Waals surface area contributed by atoms with Crippen LogP contribution in [0.2, 0.25) is 0 Å². The molecule has 1 aliphatic heterocycles. The first-order valence-corrected chi connectivity index (χ1v) is 9.73. The maximum atomic E-state index is 12.3. The molecule has 8 nitrogen and oxygen atoms in total. The lowest BCUT2D eigenvalue weighted by Gasteiger charge is -2.34. The predicted molar refractivity (Wildman–Crippen MR) is 108 cm³/mol. The predicted octanol–water partition coefficient (Wildman–Crippen LogP) is 1.53. The highest BCUT2D eigenvalue weighted by molar-refractivity contribution is 5.88. The number of nitrogens with zero attached hydrogens (tertiary/aromatic N) is 2. The molecule has 0 saturated carbocycles. The summed E-state index contributed by atoms with van der Waals surface area (Å²) in [7, 11) is 0. The molecule has 1 heterocycles. The van der Waals surface area contributed by atoms with E-state index in [0.717, 1.165) is 16.7 Å². The first kappa shape index (κ1) is 22.7. The second kappa shape index (κ2) is 9.26. The van der Waals surface area contributed by atoms with Crippen LogP contribution in [0.25, 0.3) is 0 Å². The normalized spacial score (nSPS) is 15.9. The molecule has 8 heteroatoms.